The molecule has 0 radical (unpaired) electrons. The van der Waals surface area contributed by atoms with Gasteiger partial charge in [0.2, 0.25) is 5.91 Å². The number of likely N-dealkylation sites (N-methyl/N-ethyl adjacent to an activating group) is 1. The van der Waals surface area contributed by atoms with Gasteiger partial charge in [0, 0.05) is 30.4 Å². The molecular weight excluding hydrogens is 328 g/mol. The molecule has 126 valence electrons. The summed E-state index contributed by atoms with van der Waals surface area (Å²) >= 11 is 5.80. The lowest BCUT2D eigenvalue weighted by molar-refractivity contribution is -0.116. The lowest BCUT2D eigenvalue weighted by Gasteiger charge is -2.17. The van der Waals surface area contributed by atoms with Crippen molar-refractivity contribution in [3.05, 3.63) is 64.7 Å². The maximum Gasteiger partial charge on any atom is 0.254 e. The molecule has 0 saturated carbocycles. The fourth-order valence-corrected chi connectivity index (χ4v) is 2.33. The van der Waals surface area contributed by atoms with Gasteiger partial charge in [-0.2, -0.15) is 0 Å². The van der Waals surface area contributed by atoms with Crippen LogP contribution in [0.3, 0.4) is 0 Å². The summed E-state index contributed by atoms with van der Waals surface area (Å²) in [5.74, 6) is -0.500. The summed E-state index contributed by atoms with van der Waals surface area (Å²) in [5, 5.41) is 3.32. The van der Waals surface area contributed by atoms with Crippen LogP contribution in [-0.4, -0.2) is 37.4 Å². The summed E-state index contributed by atoms with van der Waals surface area (Å²) in [6.45, 7) is 0.387. The maximum atomic E-state index is 12.4. The van der Waals surface area contributed by atoms with E-state index in [1.54, 1.807) is 56.6 Å². The van der Waals surface area contributed by atoms with Crippen molar-refractivity contribution in [3.63, 3.8) is 0 Å². The second-order valence-electron chi connectivity index (χ2n) is 5.35. The van der Waals surface area contributed by atoms with E-state index < -0.39 is 0 Å². The van der Waals surface area contributed by atoms with Crippen molar-refractivity contribution < 1.29 is 14.3 Å². The number of nitrogens with zero attached hydrogens (tertiary/aromatic N) is 1. The first-order valence-corrected chi connectivity index (χ1v) is 7.76. The van der Waals surface area contributed by atoms with Gasteiger partial charge in [0.15, 0.2) is 0 Å². The maximum absolute atomic E-state index is 12.4. The van der Waals surface area contributed by atoms with Crippen LogP contribution >= 0.6 is 11.6 Å². The van der Waals surface area contributed by atoms with E-state index in [2.05, 4.69) is 5.32 Å². The molecule has 0 bridgehead atoms. The molecule has 0 aliphatic rings. The van der Waals surface area contributed by atoms with Crippen molar-refractivity contribution in [2.45, 2.75) is 6.61 Å². The number of hydrogen-bond donors (Lipinski definition) is 1. The Morgan fingerprint density at radius 3 is 2.54 bits per heavy atom. The zero-order chi connectivity index (χ0) is 17.5. The van der Waals surface area contributed by atoms with Crippen molar-refractivity contribution in [2.24, 2.45) is 0 Å². The highest BCUT2D eigenvalue weighted by atomic mass is 35.5. The summed E-state index contributed by atoms with van der Waals surface area (Å²) in [7, 11) is 3.19. The molecule has 0 spiro atoms. The van der Waals surface area contributed by atoms with E-state index in [1.807, 2.05) is 6.07 Å². The molecule has 0 aromatic heterocycles. The second-order valence-corrected chi connectivity index (χ2v) is 5.79. The first-order chi connectivity index (χ1) is 11.5. The van der Waals surface area contributed by atoms with Crippen molar-refractivity contribution in [3.8, 4) is 0 Å². The molecule has 0 unspecified atom stereocenters. The smallest absolute Gasteiger partial charge is 0.254 e. The molecule has 2 rings (SSSR count). The van der Waals surface area contributed by atoms with E-state index in [4.69, 9.17) is 16.3 Å². The number of ether oxygens (including phenoxy) is 1. The molecule has 0 heterocycles. The molecule has 0 aliphatic heterocycles. The summed E-state index contributed by atoms with van der Waals surface area (Å²) < 4.78 is 5.06. The van der Waals surface area contributed by atoms with Crippen LogP contribution in [0.5, 0.6) is 0 Å². The van der Waals surface area contributed by atoms with Crippen LogP contribution in [0.2, 0.25) is 5.02 Å². The van der Waals surface area contributed by atoms with Crippen molar-refractivity contribution in [1.29, 1.82) is 0 Å². The van der Waals surface area contributed by atoms with Gasteiger partial charge >= 0.3 is 0 Å². The molecule has 6 heteroatoms. The van der Waals surface area contributed by atoms with Crippen molar-refractivity contribution in [1.82, 2.24) is 4.90 Å². The minimum Gasteiger partial charge on any atom is -0.380 e. The largest absolute Gasteiger partial charge is 0.380 e. The highest BCUT2D eigenvalue weighted by Gasteiger charge is 2.15. The summed E-state index contributed by atoms with van der Waals surface area (Å²) in [6, 6.07) is 13.9. The van der Waals surface area contributed by atoms with Gasteiger partial charge in [0.25, 0.3) is 5.91 Å². The summed E-state index contributed by atoms with van der Waals surface area (Å²) in [5.41, 5.74) is 2.06. The fourth-order valence-electron chi connectivity index (χ4n) is 2.20. The van der Waals surface area contributed by atoms with E-state index in [9.17, 15) is 9.59 Å². The lowest BCUT2D eigenvalue weighted by Crippen LogP contribution is -2.35. The second kappa shape index (κ2) is 8.47. The zero-order valence-electron chi connectivity index (χ0n) is 13.6. The Kier molecular flexibility index (Phi) is 6.35. The van der Waals surface area contributed by atoms with E-state index in [0.717, 1.165) is 5.56 Å². The standard InChI is InChI=1S/C18H19ClN2O3/c1-21(11-17(22)20-16-8-6-15(19)7-9-16)18(23)14-5-3-4-13(10-14)12-24-2/h3-10H,11-12H2,1-2H3,(H,20,22). The Morgan fingerprint density at radius 1 is 1.17 bits per heavy atom. The highest BCUT2D eigenvalue weighted by molar-refractivity contribution is 6.30. The number of nitrogens with one attached hydrogen (secondary N) is 1. The van der Waals surface area contributed by atoms with Gasteiger partial charge in [0.05, 0.1) is 13.2 Å². The van der Waals surface area contributed by atoms with Crippen LogP contribution in [0.1, 0.15) is 15.9 Å². The van der Waals surface area contributed by atoms with Gasteiger partial charge in [-0.3, -0.25) is 9.59 Å². The number of rotatable bonds is 6. The van der Waals surface area contributed by atoms with Crippen LogP contribution in [0, 0.1) is 0 Å². The number of anilines is 1. The van der Waals surface area contributed by atoms with Gasteiger partial charge in [-0.05, 0) is 42.0 Å². The average Bonchev–Trinajstić information content (AvgIpc) is 2.56. The van der Waals surface area contributed by atoms with Crippen LogP contribution in [-0.2, 0) is 16.1 Å². The van der Waals surface area contributed by atoms with Crippen LogP contribution < -0.4 is 5.32 Å². The zero-order valence-corrected chi connectivity index (χ0v) is 14.3. The number of benzene rings is 2. The minimum atomic E-state index is -0.277. The van der Waals surface area contributed by atoms with E-state index in [-0.39, 0.29) is 18.4 Å². The van der Waals surface area contributed by atoms with Crippen molar-refractivity contribution >= 4 is 29.1 Å². The van der Waals surface area contributed by atoms with Gasteiger partial charge in [0.1, 0.15) is 0 Å². The topological polar surface area (TPSA) is 58.6 Å². The quantitative estimate of drug-likeness (QED) is 0.873. The molecule has 2 amide bonds. The normalized spacial score (nSPS) is 10.3. The van der Waals surface area contributed by atoms with Gasteiger partial charge in [-0.25, -0.2) is 0 Å². The predicted molar refractivity (Wildman–Crippen MR) is 94.2 cm³/mol. The number of hydrogen-bond acceptors (Lipinski definition) is 3. The predicted octanol–water partition coefficient (Wildman–Crippen LogP) is 3.20. The fraction of sp³-hybridized carbons (Fsp3) is 0.222. The number of amides is 2. The third-order valence-electron chi connectivity index (χ3n) is 3.34. The molecule has 24 heavy (non-hydrogen) atoms. The average molecular weight is 347 g/mol. The van der Waals surface area contributed by atoms with E-state index >= 15 is 0 Å². The number of carbonyl (C=O) groups is 2. The van der Waals surface area contributed by atoms with Gasteiger partial charge in [-0.15, -0.1) is 0 Å². The van der Waals surface area contributed by atoms with Crippen LogP contribution in [0.4, 0.5) is 5.69 Å². The molecule has 1 N–H and O–H groups in total. The molecule has 0 atom stereocenters. The lowest BCUT2D eigenvalue weighted by atomic mass is 10.1. The highest BCUT2D eigenvalue weighted by Crippen LogP contribution is 2.13. The Balaban J connectivity index is 1.96. The van der Waals surface area contributed by atoms with Crippen LogP contribution in [0.15, 0.2) is 48.5 Å². The number of methoxy groups -OCH3 is 1. The summed E-state index contributed by atoms with van der Waals surface area (Å²) in [6.07, 6.45) is 0. The van der Waals surface area contributed by atoms with Crippen LogP contribution in [0.25, 0.3) is 0 Å². The van der Waals surface area contributed by atoms with E-state index in [0.29, 0.717) is 22.9 Å². The Labute approximate surface area is 146 Å². The number of halogens is 1. The third kappa shape index (κ3) is 5.08. The SMILES string of the molecule is COCc1cccc(C(=O)N(C)CC(=O)Nc2ccc(Cl)cc2)c1. The first-order valence-electron chi connectivity index (χ1n) is 7.38. The van der Waals surface area contributed by atoms with E-state index in [1.165, 1.54) is 4.90 Å². The van der Waals surface area contributed by atoms with Crippen molar-refractivity contribution in [2.75, 3.05) is 26.0 Å². The molecule has 0 fully saturated rings. The molecular formula is C18H19ClN2O3. The summed E-state index contributed by atoms with van der Waals surface area (Å²) in [4.78, 5) is 25.8. The molecule has 0 saturated heterocycles. The van der Waals surface area contributed by atoms with Gasteiger partial charge in [-0.1, -0.05) is 23.7 Å². The van der Waals surface area contributed by atoms with Gasteiger partial charge < -0.3 is 15.0 Å². The molecule has 0 aliphatic carbocycles. The molecule has 2 aromatic carbocycles. The number of carbonyl (C=O) groups excluding carboxylic acids is 2. The Bertz CT molecular complexity index is 716. The Morgan fingerprint density at radius 2 is 1.88 bits per heavy atom. The minimum absolute atomic E-state index is 0.0457. The monoisotopic (exact) mass is 346 g/mol. The third-order valence-corrected chi connectivity index (χ3v) is 3.59. The molecule has 5 nitrogen and oxygen atoms in total. The Hall–Kier alpha value is -2.37. The molecule has 2 aromatic rings. The first kappa shape index (κ1) is 18.0.